The van der Waals surface area contributed by atoms with E-state index in [0.29, 0.717) is 12.4 Å². The first-order valence-electron chi connectivity index (χ1n) is 7.83. The molecule has 3 rings (SSSR count). The number of likely N-dealkylation sites (tertiary alicyclic amines) is 1. The lowest BCUT2D eigenvalue weighted by molar-refractivity contribution is -0.132. The molecule has 1 saturated heterocycles. The van der Waals surface area contributed by atoms with E-state index in [9.17, 15) is 4.79 Å². The van der Waals surface area contributed by atoms with Gasteiger partial charge in [0.25, 0.3) is 0 Å². The van der Waals surface area contributed by atoms with Gasteiger partial charge in [0.2, 0.25) is 11.8 Å². The van der Waals surface area contributed by atoms with Crippen molar-refractivity contribution in [3.05, 3.63) is 33.9 Å². The largest absolute Gasteiger partial charge is 0.444 e. The number of aromatic nitrogens is 2. The molecule has 1 aliphatic heterocycles. The molecule has 1 aliphatic rings. The van der Waals surface area contributed by atoms with Gasteiger partial charge in [-0.1, -0.05) is 0 Å². The number of aryl methyl sites for hydroxylation is 2. The second-order valence-electron chi connectivity index (χ2n) is 6.05. The summed E-state index contributed by atoms with van der Waals surface area (Å²) in [5, 5.41) is 3.21. The van der Waals surface area contributed by atoms with Gasteiger partial charge >= 0.3 is 0 Å². The molecule has 1 amide bonds. The molecule has 0 saturated carbocycles. The fourth-order valence-electron chi connectivity index (χ4n) is 3.04. The van der Waals surface area contributed by atoms with Gasteiger partial charge in [0.05, 0.1) is 23.4 Å². The minimum Gasteiger partial charge on any atom is -0.444 e. The molecule has 7 heteroatoms. The van der Waals surface area contributed by atoms with E-state index in [4.69, 9.17) is 4.42 Å². The fourth-order valence-corrected chi connectivity index (χ4v) is 3.64. The number of hydrogen-bond donors (Lipinski definition) is 0. The van der Waals surface area contributed by atoms with Crippen molar-refractivity contribution in [2.45, 2.75) is 46.3 Å². The van der Waals surface area contributed by atoms with Crippen molar-refractivity contribution < 1.29 is 9.21 Å². The maximum Gasteiger partial charge on any atom is 0.220 e. The van der Waals surface area contributed by atoms with Crippen LogP contribution in [0.15, 0.2) is 16.0 Å². The van der Waals surface area contributed by atoms with Gasteiger partial charge in [0, 0.05) is 38.0 Å². The minimum atomic E-state index is 0.0669. The third-order valence-corrected chi connectivity index (χ3v) is 4.94. The van der Waals surface area contributed by atoms with Crippen LogP contribution in [0.5, 0.6) is 0 Å². The third kappa shape index (κ3) is 3.97. The molecule has 0 aliphatic carbocycles. The Morgan fingerprint density at radius 1 is 1.52 bits per heavy atom. The highest BCUT2D eigenvalue weighted by atomic mass is 32.1. The molecule has 1 fully saturated rings. The van der Waals surface area contributed by atoms with E-state index in [1.807, 2.05) is 18.7 Å². The van der Waals surface area contributed by atoms with Crippen molar-refractivity contribution in [1.29, 1.82) is 0 Å². The Morgan fingerprint density at radius 3 is 2.96 bits per heavy atom. The molecular weight excluding hydrogens is 312 g/mol. The molecule has 3 heterocycles. The van der Waals surface area contributed by atoms with Crippen molar-refractivity contribution in [3.63, 3.8) is 0 Å². The third-order valence-electron chi connectivity index (χ3n) is 4.12. The van der Waals surface area contributed by atoms with Gasteiger partial charge in [-0.3, -0.25) is 9.69 Å². The number of nitrogens with zero attached hydrogens (tertiary/aromatic N) is 4. The molecule has 0 N–H and O–H groups in total. The minimum absolute atomic E-state index is 0.0669. The van der Waals surface area contributed by atoms with Crippen LogP contribution in [0, 0.1) is 13.8 Å². The van der Waals surface area contributed by atoms with E-state index in [1.165, 1.54) is 0 Å². The van der Waals surface area contributed by atoms with Gasteiger partial charge in [-0.15, -0.1) is 11.3 Å². The molecule has 0 unspecified atom stereocenters. The van der Waals surface area contributed by atoms with Crippen molar-refractivity contribution in [3.8, 4) is 0 Å². The fraction of sp³-hybridized carbons (Fsp3) is 0.562. The lowest BCUT2D eigenvalue weighted by Gasteiger charge is -2.26. The zero-order valence-electron chi connectivity index (χ0n) is 13.8. The molecule has 1 atom stereocenters. The van der Waals surface area contributed by atoms with Crippen LogP contribution in [0.3, 0.4) is 0 Å². The summed E-state index contributed by atoms with van der Waals surface area (Å²) in [6.45, 7) is 8.65. The molecule has 0 spiro atoms. The van der Waals surface area contributed by atoms with E-state index in [0.717, 1.165) is 42.5 Å². The quantitative estimate of drug-likeness (QED) is 0.840. The van der Waals surface area contributed by atoms with Crippen LogP contribution in [0.4, 0.5) is 0 Å². The molecule has 23 heavy (non-hydrogen) atoms. The SMILES string of the molecule is CC(=O)N(Cc1ncc(C)o1)[C@@H]1CCN(Cc2csc(C)n2)C1. The van der Waals surface area contributed by atoms with Gasteiger partial charge in [-0.05, 0) is 20.3 Å². The summed E-state index contributed by atoms with van der Waals surface area (Å²) in [7, 11) is 0. The summed E-state index contributed by atoms with van der Waals surface area (Å²) in [5.41, 5.74) is 1.12. The zero-order chi connectivity index (χ0) is 16.4. The molecule has 124 valence electrons. The van der Waals surface area contributed by atoms with Gasteiger partial charge in [-0.2, -0.15) is 0 Å². The Balaban J connectivity index is 1.61. The van der Waals surface area contributed by atoms with E-state index in [2.05, 4.69) is 20.2 Å². The standard InChI is InChI=1S/C16H22N4O2S/c1-11-6-17-16(22-11)9-20(13(3)21)15-4-5-19(8-15)7-14-10-23-12(2)18-14/h6,10,15H,4-5,7-9H2,1-3H3/t15-/m1/s1. The first-order valence-corrected chi connectivity index (χ1v) is 8.71. The van der Waals surface area contributed by atoms with Crippen molar-refractivity contribution in [2.24, 2.45) is 0 Å². The van der Waals surface area contributed by atoms with Crippen LogP contribution < -0.4 is 0 Å². The predicted octanol–water partition coefficient (Wildman–Crippen LogP) is 2.37. The summed E-state index contributed by atoms with van der Waals surface area (Å²) in [4.78, 5) is 25.0. The van der Waals surface area contributed by atoms with E-state index in [1.54, 1.807) is 24.5 Å². The van der Waals surface area contributed by atoms with Gasteiger partial charge in [0.15, 0.2) is 0 Å². The van der Waals surface area contributed by atoms with Gasteiger partial charge in [-0.25, -0.2) is 9.97 Å². The number of hydrogen-bond acceptors (Lipinski definition) is 6. The van der Waals surface area contributed by atoms with Crippen LogP contribution >= 0.6 is 11.3 Å². The number of thiazole rings is 1. The second-order valence-corrected chi connectivity index (χ2v) is 7.11. The van der Waals surface area contributed by atoms with Crippen LogP contribution in [0.2, 0.25) is 0 Å². The average Bonchev–Trinajstić information content (AvgIpc) is 3.19. The number of rotatable bonds is 5. The molecule has 0 radical (unpaired) electrons. The van der Waals surface area contributed by atoms with Gasteiger partial charge in [0.1, 0.15) is 5.76 Å². The molecular formula is C16H22N4O2S. The molecule has 2 aromatic heterocycles. The normalized spacial score (nSPS) is 18.5. The lowest BCUT2D eigenvalue weighted by atomic mass is 10.2. The summed E-state index contributed by atoms with van der Waals surface area (Å²) in [5.74, 6) is 1.44. The van der Waals surface area contributed by atoms with Crippen molar-refractivity contribution in [1.82, 2.24) is 19.8 Å². The molecule has 6 nitrogen and oxygen atoms in total. The van der Waals surface area contributed by atoms with E-state index in [-0.39, 0.29) is 11.9 Å². The zero-order valence-corrected chi connectivity index (χ0v) is 14.6. The highest BCUT2D eigenvalue weighted by Crippen LogP contribution is 2.21. The second kappa shape index (κ2) is 6.80. The smallest absolute Gasteiger partial charge is 0.220 e. The van der Waals surface area contributed by atoms with Crippen LogP contribution in [-0.4, -0.2) is 44.8 Å². The summed E-state index contributed by atoms with van der Waals surface area (Å²) in [6.07, 6.45) is 2.67. The first kappa shape index (κ1) is 16.1. The maximum atomic E-state index is 12.0. The maximum absolute atomic E-state index is 12.0. The summed E-state index contributed by atoms with van der Waals surface area (Å²) in [6, 6.07) is 0.208. The topological polar surface area (TPSA) is 62.5 Å². The number of carbonyl (C=O) groups is 1. The van der Waals surface area contributed by atoms with Crippen LogP contribution in [-0.2, 0) is 17.9 Å². The van der Waals surface area contributed by atoms with Gasteiger partial charge < -0.3 is 9.32 Å². The van der Waals surface area contributed by atoms with Crippen molar-refractivity contribution >= 4 is 17.2 Å². The van der Waals surface area contributed by atoms with Crippen molar-refractivity contribution in [2.75, 3.05) is 13.1 Å². The Kier molecular flexibility index (Phi) is 4.77. The molecule has 0 aromatic carbocycles. The molecule has 2 aromatic rings. The highest BCUT2D eigenvalue weighted by molar-refractivity contribution is 7.09. The Hall–Kier alpha value is -1.73. The van der Waals surface area contributed by atoms with E-state index >= 15 is 0 Å². The van der Waals surface area contributed by atoms with Crippen LogP contribution in [0.25, 0.3) is 0 Å². The first-order chi connectivity index (χ1) is 11.0. The molecule has 0 bridgehead atoms. The summed E-state index contributed by atoms with van der Waals surface area (Å²) < 4.78 is 5.52. The highest BCUT2D eigenvalue weighted by Gasteiger charge is 2.30. The predicted molar refractivity (Wildman–Crippen MR) is 88.0 cm³/mol. The average molecular weight is 334 g/mol. The Morgan fingerprint density at radius 2 is 2.35 bits per heavy atom. The number of oxazole rings is 1. The monoisotopic (exact) mass is 334 g/mol. The van der Waals surface area contributed by atoms with E-state index < -0.39 is 0 Å². The van der Waals surface area contributed by atoms with Crippen LogP contribution in [0.1, 0.15) is 35.7 Å². The Bertz CT molecular complexity index is 681. The Labute approximate surface area is 140 Å². The number of carbonyl (C=O) groups excluding carboxylic acids is 1. The number of amides is 1. The summed E-state index contributed by atoms with van der Waals surface area (Å²) >= 11 is 1.68. The lowest BCUT2D eigenvalue weighted by Crippen LogP contribution is -2.40.